The lowest BCUT2D eigenvalue weighted by atomic mass is 10.1. The number of hydrogen-bond acceptors (Lipinski definition) is 7. The van der Waals surface area contributed by atoms with E-state index in [0.29, 0.717) is 59.9 Å². The van der Waals surface area contributed by atoms with Crippen LogP contribution >= 0.6 is 0 Å². The van der Waals surface area contributed by atoms with Gasteiger partial charge in [0.15, 0.2) is 5.66 Å². The van der Waals surface area contributed by atoms with Crippen molar-refractivity contribution in [2.75, 3.05) is 23.8 Å². The molecule has 0 bridgehead atoms. The van der Waals surface area contributed by atoms with Crippen molar-refractivity contribution in [2.24, 2.45) is 17.3 Å². The highest BCUT2D eigenvalue weighted by molar-refractivity contribution is 6.05. The first-order valence-electron chi connectivity index (χ1n) is 14.4. The molecular weight excluding hydrogens is 570 g/mol. The SMILES string of the molecule is C#Cc1cccc(C(=O)Nc2cc(-c3ccc(NC(=O)c4ccccc4COCCNC(=O)CCC4(C)N=N4)cc3)nn2C)c1. The van der Waals surface area contributed by atoms with Gasteiger partial charge in [0, 0.05) is 60.4 Å². The van der Waals surface area contributed by atoms with Crippen molar-refractivity contribution in [3.63, 3.8) is 0 Å². The molecule has 0 saturated carbocycles. The Hall–Kier alpha value is -5.60. The Balaban J connectivity index is 1.13. The predicted octanol–water partition coefficient (Wildman–Crippen LogP) is 5.17. The topological polar surface area (TPSA) is 139 Å². The summed E-state index contributed by atoms with van der Waals surface area (Å²) in [6.45, 7) is 2.79. The molecule has 5 rings (SSSR count). The van der Waals surface area contributed by atoms with E-state index >= 15 is 0 Å². The molecule has 2 heterocycles. The number of amides is 3. The van der Waals surface area contributed by atoms with E-state index in [0.717, 1.165) is 11.1 Å². The van der Waals surface area contributed by atoms with Crippen LogP contribution in [0.1, 0.15) is 51.6 Å². The number of benzene rings is 3. The first-order valence-corrected chi connectivity index (χ1v) is 14.4. The van der Waals surface area contributed by atoms with Crippen LogP contribution in [0.2, 0.25) is 0 Å². The van der Waals surface area contributed by atoms with E-state index in [1.165, 1.54) is 0 Å². The lowest BCUT2D eigenvalue weighted by Crippen LogP contribution is -2.28. The molecule has 228 valence electrons. The quantitative estimate of drug-likeness (QED) is 0.143. The average molecular weight is 604 g/mol. The second-order valence-corrected chi connectivity index (χ2v) is 10.7. The monoisotopic (exact) mass is 603 g/mol. The molecule has 4 aromatic rings. The van der Waals surface area contributed by atoms with E-state index in [1.54, 1.807) is 66.3 Å². The number of nitrogens with one attached hydrogen (secondary N) is 3. The summed E-state index contributed by atoms with van der Waals surface area (Å²) in [4.78, 5) is 37.8. The summed E-state index contributed by atoms with van der Waals surface area (Å²) < 4.78 is 7.32. The summed E-state index contributed by atoms with van der Waals surface area (Å²) in [6.07, 6.45) is 6.41. The maximum atomic E-state index is 13.1. The third-order valence-electron chi connectivity index (χ3n) is 7.21. The highest BCUT2D eigenvalue weighted by atomic mass is 16.5. The normalized spacial score (nSPS) is 12.6. The molecule has 1 aliphatic heterocycles. The van der Waals surface area contributed by atoms with Crippen molar-refractivity contribution in [3.05, 3.63) is 101 Å². The standard InChI is InChI=1S/C34H33N7O4/c1-4-23-8-7-10-25(20-23)32(43)37-30-21-29(38-41(30)3)24-12-14-27(15-13-24)36-33(44)28-11-6-5-9-26(28)22-45-19-18-35-31(42)16-17-34(2)39-40-34/h1,5-15,20-21H,16-19,22H2,2-3H3,(H,35,42)(H,36,44)(H,37,43). The smallest absolute Gasteiger partial charge is 0.256 e. The molecule has 11 heteroatoms. The van der Waals surface area contributed by atoms with Crippen LogP contribution in [0, 0.1) is 12.3 Å². The van der Waals surface area contributed by atoms with Gasteiger partial charge in [0.1, 0.15) is 5.82 Å². The Morgan fingerprint density at radius 1 is 0.956 bits per heavy atom. The van der Waals surface area contributed by atoms with Gasteiger partial charge in [0.25, 0.3) is 11.8 Å². The minimum atomic E-state index is -0.388. The zero-order chi connectivity index (χ0) is 31.8. The minimum absolute atomic E-state index is 0.0686. The number of ether oxygens (including phenoxy) is 1. The molecule has 1 aliphatic rings. The molecule has 1 aromatic heterocycles. The fourth-order valence-electron chi connectivity index (χ4n) is 4.52. The molecule has 11 nitrogen and oxygen atoms in total. The van der Waals surface area contributed by atoms with Crippen LogP contribution < -0.4 is 16.0 Å². The molecule has 0 aliphatic carbocycles. The van der Waals surface area contributed by atoms with Gasteiger partial charge in [-0.15, -0.1) is 6.42 Å². The Kier molecular flexibility index (Phi) is 9.46. The van der Waals surface area contributed by atoms with E-state index in [9.17, 15) is 14.4 Å². The highest BCUT2D eigenvalue weighted by Crippen LogP contribution is 2.31. The average Bonchev–Trinajstić information content (AvgIpc) is 3.69. The Morgan fingerprint density at radius 2 is 1.73 bits per heavy atom. The maximum Gasteiger partial charge on any atom is 0.256 e. The molecule has 3 amide bonds. The van der Waals surface area contributed by atoms with Crippen molar-refractivity contribution in [1.29, 1.82) is 0 Å². The second kappa shape index (κ2) is 13.8. The van der Waals surface area contributed by atoms with Crippen LogP contribution in [0.15, 0.2) is 89.1 Å². The summed E-state index contributed by atoms with van der Waals surface area (Å²) >= 11 is 0. The highest BCUT2D eigenvalue weighted by Gasteiger charge is 2.33. The molecule has 0 saturated heterocycles. The van der Waals surface area contributed by atoms with Gasteiger partial charge < -0.3 is 20.7 Å². The van der Waals surface area contributed by atoms with E-state index in [1.807, 2.05) is 31.2 Å². The van der Waals surface area contributed by atoms with Crippen LogP contribution in [0.3, 0.4) is 0 Å². The fourth-order valence-corrected chi connectivity index (χ4v) is 4.52. The third-order valence-corrected chi connectivity index (χ3v) is 7.21. The summed E-state index contributed by atoms with van der Waals surface area (Å²) in [7, 11) is 1.74. The van der Waals surface area contributed by atoms with Crippen LogP contribution in [-0.4, -0.2) is 46.3 Å². The third kappa shape index (κ3) is 8.28. The Labute approximate surface area is 261 Å². The number of aryl methyl sites for hydroxylation is 1. The van der Waals surface area contributed by atoms with Crippen LogP contribution in [0.4, 0.5) is 11.5 Å². The zero-order valence-electron chi connectivity index (χ0n) is 25.0. The minimum Gasteiger partial charge on any atom is -0.375 e. The molecule has 3 aromatic carbocycles. The molecule has 45 heavy (non-hydrogen) atoms. The van der Waals surface area contributed by atoms with E-state index in [-0.39, 0.29) is 30.0 Å². The van der Waals surface area contributed by atoms with E-state index in [4.69, 9.17) is 11.2 Å². The molecule has 0 spiro atoms. The van der Waals surface area contributed by atoms with E-state index < -0.39 is 0 Å². The van der Waals surface area contributed by atoms with Gasteiger partial charge in [0.05, 0.1) is 18.9 Å². The molecule has 3 N–H and O–H groups in total. The van der Waals surface area contributed by atoms with Gasteiger partial charge in [-0.3, -0.25) is 19.1 Å². The Bertz CT molecular complexity index is 1780. The summed E-state index contributed by atoms with van der Waals surface area (Å²) in [5, 5.41) is 21.0. The zero-order valence-corrected chi connectivity index (χ0v) is 25.0. The number of nitrogens with zero attached hydrogens (tertiary/aromatic N) is 4. The lowest BCUT2D eigenvalue weighted by Gasteiger charge is -2.12. The van der Waals surface area contributed by atoms with Gasteiger partial charge in [-0.2, -0.15) is 15.3 Å². The second-order valence-electron chi connectivity index (χ2n) is 10.7. The van der Waals surface area contributed by atoms with Crippen LogP contribution in [0.5, 0.6) is 0 Å². The number of hydrogen-bond donors (Lipinski definition) is 3. The largest absolute Gasteiger partial charge is 0.375 e. The lowest BCUT2D eigenvalue weighted by molar-refractivity contribution is -0.121. The summed E-state index contributed by atoms with van der Waals surface area (Å²) in [5.41, 5.74) is 4.00. The molecule has 0 radical (unpaired) electrons. The van der Waals surface area contributed by atoms with Crippen molar-refractivity contribution in [1.82, 2.24) is 15.1 Å². The van der Waals surface area contributed by atoms with Crippen molar-refractivity contribution in [2.45, 2.75) is 32.0 Å². The number of rotatable bonds is 13. The van der Waals surface area contributed by atoms with E-state index in [2.05, 4.69) is 37.2 Å². The maximum absolute atomic E-state index is 13.1. The van der Waals surface area contributed by atoms with Crippen LogP contribution in [-0.2, 0) is 23.2 Å². The van der Waals surface area contributed by atoms with Crippen molar-refractivity contribution >= 4 is 29.2 Å². The number of terminal acetylenes is 1. The Morgan fingerprint density at radius 3 is 2.49 bits per heavy atom. The molecule has 0 fully saturated rings. The predicted molar refractivity (Wildman–Crippen MR) is 171 cm³/mol. The molecule has 0 atom stereocenters. The molecular formula is C34H33N7O4. The number of carbonyl (C=O) groups excluding carboxylic acids is 3. The first kappa shape index (κ1) is 30.8. The van der Waals surface area contributed by atoms with Gasteiger partial charge in [-0.1, -0.05) is 42.3 Å². The fraction of sp³-hybridized carbons (Fsp3) is 0.235. The summed E-state index contributed by atoms with van der Waals surface area (Å²) in [5.74, 6) is 2.42. The number of carbonyl (C=O) groups is 3. The van der Waals surface area contributed by atoms with Gasteiger partial charge >= 0.3 is 0 Å². The summed E-state index contributed by atoms with van der Waals surface area (Å²) in [6, 6.07) is 23.1. The van der Waals surface area contributed by atoms with Crippen molar-refractivity contribution in [3.8, 4) is 23.6 Å². The van der Waals surface area contributed by atoms with Crippen LogP contribution in [0.25, 0.3) is 11.3 Å². The van der Waals surface area contributed by atoms with Gasteiger partial charge in [0.2, 0.25) is 5.91 Å². The number of anilines is 2. The molecule has 0 unspecified atom stereocenters. The first-order chi connectivity index (χ1) is 21.7. The van der Waals surface area contributed by atoms with Gasteiger partial charge in [-0.05, 0) is 48.9 Å². The van der Waals surface area contributed by atoms with Gasteiger partial charge in [-0.25, -0.2) is 0 Å². The number of aromatic nitrogens is 2. The van der Waals surface area contributed by atoms with Crippen molar-refractivity contribution < 1.29 is 19.1 Å².